The van der Waals surface area contributed by atoms with Gasteiger partial charge in [0.15, 0.2) is 17.1 Å². The van der Waals surface area contributed by atoms with Crippen LogP contribution in [0.15, 0.2) is 54.7 Å². The molecule has 2 aromatic heterocycles. The molecule has 24 heavy (non-hydrogen) atoms. The second-order valence-corrected chi connectivity index (χ2v) is 5.50. The van der Waals surface area contributed by atoms with Crippen LogP contribution in [-0.2, 0) is 6.54 Å². The van der Waals surface area contributed by atoms with Crippen molar-refractivity contribution in [3.63, 3.8) is 0 Å². The molecule has 4 rings (SSSR count). The van der Waals surface area contributed by atoms with Gasteiger partial charge < -0.3 is 14.8 Å². The molecule has 0 bridgehead atoms. The van der Waals surface area contributed by atoms with E-state index in [1.54, 1.807) is 24.4 Å². The second kappa shape index (κ2) is 5.73. The first-order valence-electron chi connectivity index (χ1n) is 7.57. The number of aromatic hydroxyl groups is 1. The molecule has 0 saturated heterocycles. The van der Waals surface area contributed by atoms with Crippen LogP contribution in [0.4, 0.5) is 0 Å². The van der Waals surface area contributed by atoms with E-state index in [2.05, 4.69) is 27.2 Å². The first kappa shape index (κ1) is 14.3. The molecule has 0 amide bonds. The maximum Gasteiger partial charge on any atom is 0.177 e. The number of nitrogens with zero attached hydrogens (tertiary/aromatic N) is 3. The van der Waals surface area contributed by atoms with E-state index >= 15 is 0 Å². The largest absolute Gasteiger partial charge is 0.504 e. The van der Waals surface area contributed by atoms with Gasteiger partial charge in [0.2, 0.25) is 0 Å². The van der Waals surface area contributed by atoms with Crippen molar-refractivity contribution in [3.05, 3.63) is 60.3 Å². The lowest BCUT2D eigenvalue weighted by molar-refractivity contribution is 0.373. The van der Waals surface area contributed by atoms with Gasteiger partial charge in [0, 0.05) is 5.56 Å². The summed E-state index contributed by atoms with van der Waals surface area (Å²) < 4.78 is 7.02. The van der Waals surface area contributed by atoms with Crippen molar-refractivity contribution in [2.75, 3.05) is 7.11 Å². The fraction of sp³-hybridized carbons (Fsp3) is 0.111. The second-order valence-electron chi connectivity index (χ2n) is 5.50. The van der Waals surface area contributed by atoms with Gasteiger partial charge in [-0.1, -0.05) is 30.3 Å². The van der Waals surface area contributed by atoms with Gasteiger partial charge in [-0.25, -0.2) is 9.67 Å². The van der Waals surface area contributed by atoms with E-state index in [-0.39, 0.29) is 5.75 Å². The van der Waals surface area contributed by atoms with Crippen LogP contribution in [0.25, 0.3) is 22.6 Å². The van der Waals surface area contributed by atoms with E-state index in [0.29, 0.717) is 18.1 Å². The Kier molecular flexibility index (Phi) is 3.42. The zero-order valence-electron chi connectivity index (χ0n) is 13.1. The standard InChI is InChI=1S/C18H16N4O2/c1-24-16-9-13(7-8-15(16)23)17-20-14-10-19-22(18(14)21-17)11-12-5-3-2-4-6-12/h2-10,23H,11H2,1H3,(H,20,21). The molecule has 6 heteroatoms. The molecule has 0 aliphatic heterocycles. The number of aromatic nitrogens is 4. The van der Waals surface area contributed by atoms with Crippen LogP contribution in [0.2, 0.25) is 0 Å². The average Bonchev–Trinajstić information content (AvgIpc) is 3.18. The van der Waals surface area contributed by atoms with Gasteiger partial charge in [-0.15, -0.1) is 0 Å². The highest BCUT2D eigenvalue weighted by Gasteiger charge is 2.12. The third kappa shape index (κ3) is 2.48. The molecule has 0 saturated carbocycles. The Morgan fingerprint density at radius 2 is 2.00 bits per heavy atom. The zero-order chi connectivity index (χ0) is 16.5. The molecular formula is C18H16N4O2. The Morgan fingerprint density at radius 1 is 1.17 bits per heavy atom. The number of nitrogens with one attached hydrogen (secondary N) is 1. The molecule has 0 radical (unpaired) electrons. The minimum absolute atomic E-state index is 0.104. The van der Waals surface area contributed by atoms with E-state index in [0.717, 1.165) is 16.7 Å². The topological polar surface area (TPSA) is 76.0 Å². The van der Waals surface area contributed by atoms with E-state index in [4.69, 9.17) is 4.74 Å². The quantitative estimate of drug-likeness (QED) is 0.605. The Bertz CT molecular complexity index is 989. The number of fused-ring (bicyclic) bond motifs is 1. The van der Waals surface area contributed by atoms with Crippen LogP contribution in [0.1, 0.15) is 5.56 Å². The maximum absolute atomic E-state index is 9.72. The van der Waals surface area contributed by atoms with Gasteiger partial charge in [-0.05, 0) is 23.8 Å². The van der Waals surface area contributed by atoms with Crippen molar-refractivity contribution in [2.24, 2.45) is 0 Å². The summed E-state index contributed by atoms with van der Waals surface area (Å²) in [6.45, 7) is 0.660. The molecule has 0 atom stereocenters. The number of phenols is 1. The molecule has 2 aromatic carbocycles. The molecule has 0 aliphatic carbocycles. The summed E-state index contributed by atoms with van der Waals surface area (Å²) in [4.78, 5) is 7.91. The summed E-state index contributed by atoms with van der Waals surface area (Å²) in [5.74, 6) is 1.23. The lowest BCUT2D eigenvalue weighted by atomic mass is 10.2. The number of H-pyrrole nitrogens is 1. The third-order valence-corrected chi connectivity index (χ3v) is 3.91. The third-order valence-electron chi connectivity index (χ3n) is 3.91. The van der Waals surface area contributed by atoms with E-state index in [1.807, 2.05) is 22.9 Å². The highest BCUT2D eigenvalue weighted by Crippen LogP contribution is 2.31. The Balaban J connectivity index is 1.72. The van der Waals surface area contributed by atoms with Crippen molar-refractivity contribution >= 4 is 11.2 Å². The van der Waals surface area contributed by atoms with Crippen molar-refractivity contribution in [1.29, 1.82) is 0 Å². The van der Waals surface area contributed by atoms with Gasteiger partial charge in [-0.3, -0.25) is 0 Å². The summed E-state index contributed by atoms with van der Waals surface area (Å²) in [5.41, 5.74) is 3.67. The van der Waals surface area contributed by atoms with Crippen molar-refractivity contribution in [1.82, 2.24) is 19.7 Å². The molecule has 2 N–H and O–H groups in total. The normalized spacial score (nSPS) is 11.0. The highest BCUT2D eigenvalue weighted by atomic mass is 16.5. The van der Waals surface area contributed by atoms with Crippen molar-refractivity contribution in [2.45, 2.75) is 6.54 Å². The monoisotopic (exact) mass is 320 g/mol. The number of hydrogen-bond donors (Lipinski definition) is 2. The van der Waals surface area contributed by atoms with Crippen molar-refractivity contribution < 1.29 is 9.84 Å². The number of methoxy groups -OCH3 is 1. The number of hydrogen-bond acceptors (Lipinski definition) is 4. The summed E-state index contributed by atoms with van der Waals surface area (Å²) >= 11 is 0. The van der Waals surface area contributed by atoms with Crippen LogP contribution in [0.3, 0.4) is 0 Å². The van der Waals surface area contributed by atoms with Crippen LogP contribution < -0.4 is 4.74 Å². The number of aromatic amines is 1. The number of imidazole rings is 1. The predicted molar refractivity (Wildman–Crippen MR) is 91.1 cm³/mol. The number of rotatable bonds is 4. The van der Waals surface area contributed by atoms with Crippen molar-refractivity contribution in [3.8, 4) is 22.9 Å². The maximum atomic E-state index is 9.72. The summed E-state index contributed by atoms with van der Waals surface area (Å²) in [5, 5.41) is 14.1. The molecule has 120 valence electrons. The predicted octanol–water partition coefficient (Wildman–Crippen LogP) is 3.19. The lowest BCUT2D eigenvalue weighted by Gasteiger charge is -2.04. The lowest BCUT2D eigenvalue weighted by Crippen LogP contribution is -2.01. The average molecular weight is 320 g/mol. The molecule has 6 nitrogen and oxygen atoms in total. The van der Waals surface area contributed by atoms with Crippen LogP contribution in [-0.4, -0.2) is 32.0 Å². The van der Waals surface area contributed by atoms with Gasteiger partial charge in [-0.2, -0.15) is 5.10 Å². The van der Waals surface area contributed by atoms with E-state index in [1.165, 1.54) is 12.7 Å². The van der Waals surface area contributed by atoms with Crippen LogP contribution in [0.5, 0.6) is 11.5 Å². The van der Waals surface area contributed by atoms with Gasteiger partial charge in [0.25, 0.3) is 0 Å². The SMILES string of the molecule is COc1cc(-c2nc3c(cnn3Cc3ccccc3)[nH]2)ccc1O. The summed E-state index contributed by atoms with van der Waals surface area (Å²) in [7, 11) is 1.52. The molecule has 4 aromatic rings. The zero-order valence-corrected chi connectivity index (χ0v) is 13.1. The molecule has 0 unspecified atom stereocenters. The van der Waals surface area contributed by atoms with Gasteiger partial charge in [0.1, 0.15) is 11.3 Å². The fourth-order valence-electron chi connectivity index (χ4n) is 2.68. The fourth-order valence-corrected chi connectivity index (χ4v) is 2.68. The smallest absolute Gasteiger partial charge is 0.177 e. The summed E-state index contributed by atoms with van der Waals surface area (Å²) in [6.07, 6.45) is 1.77. The molecule has 2 heterocycles. The molecule has 0 spiro atoms. The molecule has 0 fully saturated rings. The Hall–Kier alpha value is -3.28. The van der Waals surface area contributed by atoms with E-state index < -0.39 is 0 Å². The van der Waals surface area contributed by atoms with Gasteiger partial charge >= 0.3 is 0 Å². The first-order valence-corrected chi connectivity index (χ1v) is 7.57. The molecular weight excluding hydrogens is 304 g/mol. The number of benzene rings is 2. The Labute approximate surface area is 138 Å². The van der Waals surface area contributed by atoms with Crippen LogP contribution >= 0.6 is 0 Å². The number of ether oxygens (including phenoxy) is 1. The summed E-state index contributed by atoms with van der Waals surface area (Å²) in [6, 6.07) is 15.3. The number of phenolic OH excluding ortho intramolecular Hbond substituents is 1. The molecule has 0 aliphatic rings. The minimum atomic E-state index is 0.104. The minimum Gasteiger partial charge on any atom is -0.504 e. The first-order chi connectivity index (χ1) is 11.7. The van der Waals surface area contributed by atoms with Crippen LogP contribution in [0, 0.1) is 0 Å². The van der Waals surface area contributed by atoms with Gasteiger partial charge in [0.05, 0.1) is 19.9 Å². The van der Waals surface area contributed by atoms with E-state index in [9.17, 15) is 5.11 Å². The highest BCUT2D eigenvalue weighted by molar-refractivity contribution is 5.76. The Morgan fingerprint density at radius 3 is 2.79 bits per heavy atom.